The third kappa shape index (κ3) is 60.2. The number of benzene rings is 2. The Morgan fingerprint density at radius 1 is 0.250 bits per heavy atom. The van der Waals surface area contributed by atoms with Gasteiger partial charge in [0, 0.05) is 193 Å². The van der Waals surface area contributed by atoms with Gasteiger partial charge in [-0.25, -0.2) is 29.9 Å². The molecule has 4 heterocycles. The van der Waals surface area contributed by atoms with E-state index < -0.39 is 0 Å². The molecule has 0 radical (unpaired) electrons. The summed E-state index contributed by atoms with van der Waals surface area (Å²) in [5.74, 6) is 2.07. The maximum Gasteiger partial charge on any atom is 0.285 e. The molecule has 6 rings (SSSR count). The maximum atomic E-state index is 3.34. The Balaban J connectivity index is -0.00000000843. The summed E-state index contributed by atoms with van der Waals surface area (Å²) in [6.07, 6.45) is 7.65. The first-order valence-corrected chi connectivity index (χ1v) is 9.80. The monoisotopic (exact) mass is 1590 g/mol. The molecule has 0 aliphatic rings. The molecule has 32 nitrogen and oxygen atoms in total. The second-order valence-electron chi connectivity index (χ2n) is 6.92. The van der Waals surface area contributed by atoms with Crippen LogP contribution in [0.3, 0.4) is 0 Å². The number of rotatable bonds is 2. The van der Waals surface area contributed by atoms with Crippen molar-refractivity contribution in [3.8, 4) is 22.8 Å². The van der Waals surface area contributed by atoms with Crippen LogP contribution in [-0.2, 0) is 311 Å². The smallest absolute Gasteiger partial charge is 0.285 e. The zero-order valence-electron chi connectivity index (χ0n) is 30.1. The molecular weight excluding hydrogens is 1560 g/mol. The van der Waals surface area contributed by atoms with Crippen molar-refractivity contribution in [1.82, 2.24) is 9.97 Å². The van der Waals surface area contributed by atoms with Crippen molar-refractivity contribution in [1.29, 1.82) is 0 Å². The normalized spacial score (nSPS) is 5.00. The topological polar surface area (TPSA) is 829 Å². The third-order valence-corrected chi connectivity index (χ3v) is 4.91. The van der Waals surface area contributed by atoms with Gasteiger partial charge in [0.05, 0.1) is 11.1 Å². The average Bonchev–Trinajstić information content (AvgIpc) is 3.45. The standard InChI is InChI=1S/2C12H9N3.8Mo.26O/c2*1-2-4-11-10(3-1)14-12(15-11)9-5-7-13-8-6-9;;;;;;;;;;;;;;;;;;;;;;;;;;;;;;;;;;/h2*1-8H,(H,14,15);;;;;;;;;;;;;;;;;;;;;;;;;;;;;;;;;;/q;;;;;;;;;;26*-2/p+4. The van der Waals surface area contributed by atoms with Crippen LogP contribution >= 0.6 is 0 Å². The molecule has 0 bridgehead atoms. The molecule has 0 aliphatic carbocycles. The van der Waals surface area contributed by atoms with Gasteiger partial charge in [-0.15, -0.1) is 0 Å². The molecule has 0 amide bonds. The Morgan fingerprint density at radius 3 is 0.625 bits per heavy atom. The van der Waals surface area contributed by atoms with Crippen LogP contribution in [-0.4, -0.2) is 9.97 Å². The van der Waals surface area contributed by atoms with E-state index in [-0.39, 0.29) is 311 Å². The number of pyridine rings is 2. The van der Waals surface area contributed by atoms with Gasteiger partial charge >= 0.3 is 0 Å². The Morgan fingerprint density at radius 2 is 0.438 bits per heavy atom. The Bertz CT molecular complexity index is 1300. The Labute approximate surface area is 478 Å². The van der Waals surface area contributed by atoms with E-state index in [0.29, 0.717) is 0 Å². The number of para-hydroxylation sites is 4. The van der Waals surface area contributed by atoms with E-state index in [2.05, 4.69) is 54.2 Å². The second kappa shape index (κ2) is 115. The van der Waals surface area contributed by atoms with Gasteiger partial charge in [0.15, 0.2) is 46.9 Å². The molecule has 4 aromatic heterocycles. The number of hydrogen-bond donors (Lipinski definition) is 2. The Hall–Kier alpha value is 0.146. The van der Waals surface area contributed by atoms with Gasteiger partial charge in [-0.05, 0) is 24.3 Å². The fourth-order valence-corrected chi connectivity index (χ4v) is 3.40. The van der Waals surface area contributed by atoms with Crippen LogP contribution < -0.4 is 19.9 Å². The fraction of sp³-hybridized carbons (Fsp3) is 0. The molecule has 0 fully saturated rings. The van der Waals surface area contributed by atoms with E-state index in [1.807, 2.05) is 73.3 Å². The van der Waals surface area contributed by atoms with Crippen LogP contribution in [0.5, 0.6) is 0 Å². The number of aromatic amines is 6. The van der Waals surface area contributed by atoms with Crippen LogP contribution in [0.2, 0.25) is 0 Å². The number of fused-ring (bicyclic) bond motifs is 2. The molecule has 0 atom stereocenters. The summed E-state index contributed by atoms with van der Waals surface area (Å²) >= 11 is 0. The summed E-state index contributed by atoms with van der Waals surface area (Å²) in [4.78, 5) is 19.4. The van der Waals surface area contributed by atoms with E-state index >= 15 is 0 Å². The molecule has 6 aromatic rings. The summed E-state index contributed by atoms with van der Waals surface area (Å²) in [5.41, 5.74) is 6.79. The predicted molar refractivity (Wildman–Crippen MR) is 132 cm³/mol. The first-order chi connectivity index (χ1) is 14.9. The minimum atomic E-state index is 0. The van der Waals surface area contributed by atoms with E-state index in [1.54, 1.807) is 0 Å². The number of imidazole rings is 2. The van der Waals surface area contributed by atoms with Gasteiger partial charge in [-0.2, -0.15) is 0 Å². The minimum Gasteiger partial charge on any atom is -2.00 e. The van der Waals surface area contributed by atoms with Crippen LogP contribution in [0.1, 0.15) is 0 Å². The largest absolute Gasteiger partial charge is 2.00 e. The van der Waals surface area contributed by atoms with Crippen LogP contribution in [0.15, 0.2) is 97.6 Å². The van der Waals surface area contributed by atoms with E-state index in [0.717, 1.165) is 44.8 Å². The van der Waals surface area contributed by atoms with E-state index in [4.69, 9.17) is 0 Å². The quantitative estimate of drug-likeness (QED) is 0.213. The van der Waals surface area contributed by atoms with E-state index in [1.165, 1.54) is 0 Å². The molecule has 0 unspecified atom stereocenters. The van der Waals surface area contributed by atoms with E-state index in [9.17, 15) is 0 Å². The van der Waals surface area contributed by atoms with Gasteiger partial charge in [0.2, 0.25) is 0 Å². The fourth-order valence-electron chi connectivity index (χ4n) is 3.40. The van der Waals surface area contributed by atoms with Crippen molar-refractivity contribution in [2.45, 2.75) is 0 Å². The summed E-state index contributed by atoms with van der Waals surface area (Å²) in [5, 5.41) is 0. The first kappa shape index (κ1) is 219. The van der Waals surface area contributed by atoms with Crippen molar-refractivity contribution >= 4 is 22.1 Å². The summed E-state index contributed by atoms with van der Waals surface area (Å²) in [6, 6.07) is 24.4. The van der Waals surface area contributed by atoms with Gasteiger partial charge in [-0.3, -0.25) is 0 Å². The number of nitrogens with one attached hydrogen (secondary N) is 6. The zero-order chi connectivity index (χ0) is 20.2. The zero-order valence-corrected chi connectivity index (χ0v) is 46.2. The minimum absolute atomic E-state index is 0. The first-order valence-electron chi connectivity index (χ1n) is 9.80. The molecule has 0 saturated heterocycles. The molecule has 0 spiro atoms. The number of aromatic nitrogens is 6. The molecule has 400 valence electrons. The molecule has 0 aliphatic heterocycles. The van der Waals surface area contributed by atoms with Crippen molar-refractivity contribution in [2.75, 3.05) is 0 Å². The molecule has 40 heteroatoms. The molecule has 0 saturated carbocycles. The van der Waals surface area contributed by atoms with Crippen LogP contribution in [0, 0.1) is 0 Å². The molecule has 64 heavy (non-hydrogen) atoms. The second-order valence-corrected chi connectivity index (χ2v) is 6.92. The predicted octanol–water partition coefficient (Wildman–Crippen LogP) is -0.183. The number of H-pyrrole nitrogens is 6. The molecular formula is C24H22Mo8N6O26-48. The Kier molecular flexibility index (Phi) is 393. The average molecular weight is 1580 g/mol. The van der Waals surface area contributed by atoms with Crippen LogP contribution in [0.25, 0.3) is 44.8 Å². The van der Waals surface area contributed by atoms with Crippen molar-refractivity contribution in [3.05, 3.63) is 97.6 Å². The van der Waals surface area contributed by atoms with Gasteiger partial charge in [-0.1, -0.05) is 24.3 Å². The van der Waals surface area contributed by atoms with Gasteiger partial charge in [0.25, 0.3) is 11.6 Å². The summed E-state index contributed by atoms with van der Waals surface area (Å²) in [6.45, 7) is 0. The molecule has 6 N–H and O–H groups in total. The third-order valence-electron chi connectivity index (χ3n) is 4.91. The number of hydrogen-bond acceptors (Lipinski definition) is 0. The molecule has 2 aromatic carbocycles. The summed E-state index contributed by atoms with van der Waals surface area (Å²) in [7, 11) is 0. The van der Waals surface area contributed by atoms with Crippen molar-refractivity contribution in [2.24, 2.45) is 0 Å². The van der Waals surface area contributed by atoms with Gasteiger partial charge < -0.3 is 142 Å². The van der Waals surface area contributed by atoms with Crippen LogP contribution in [0.4, 0.5) is 0 Å². The van der Waals surface area contributed by atoms with Gasteiger partial charge in [0.1, 0.15) is 0 Å². The summed E-state index contributed by atoms with van der Waals surface area (Å²) < 4.78 is 0. The van der Waals surface area contributed by atoms with Crippen molar-refractivity contribution in [3.63, 3.8) is 0 Å². The SMILES string of the molecule is [Mo].[Mo].[Mo].[Mo].[Mo].[Mo].[Mo].[Mo].[O-2].[O-2].[O-2].[O-2].[O-2].[O-2].[O-2].[O-2].[O-2].[O-2].[O-2].[O-2].[O-2].[O-2].[O-2].[O-2].[O-2].[O-2].[O-2].[O-2].[O-2].[O-2].[O-2].[O-2].[O-2].[O-2].c1ccc2[nH+]c(-c3cc[nH+]cc3)[nH]c2c1.c1ccc2[nH+]c(-c3cc[nH+]cc3)[nH]c2c1. The maximum absolute atomic E-state index is 3.34. The van der Waals surface area contributed by atoms with Crippen molar-refractivity contribution < 1.29 is 331 Å².